The summed E-state index contributed by atoms with van der Waals surface area (Å²) in [6.07, 6.45) is 6.56. The van der Waals surface area contributed by atoms with Crippen molar-refractivity contribution in [1.82, 2.24) is 15.0 Å². The van der Waals surface area contributed by atoms with E-state index in [1.165, 1.54) is 12.1 Å². The molecule has 3 aromatic rings. The van der Waals surface area contributed by atoms with E-state index in [1.807, 2.05) is 12.1 Å². The SMILES string of the molecule is N#CC[C@H]1CC[C@H](c2nc3c([nH]2)-c2cccnc2Nc2cc(F)ccc2-3)CC1. The third kappa shape index (κ3) is 2.84. The van der Waals surface area contributed by atoms with Gasteiger partial charge >= 0.3 is 0 Å². The number of nitriles is 1. The van der Waals surface area contributed by atoms with Crippen molar-refractivity contribution in [1.29, 1.82) is 5.26 Å². The van der Waals surface area contributed by atoms with Gasteiger partial charge in [-0.25, -0.2) is 14.4 Å². The smallest absolute Gasteiger partial charge is 0.139 e. The van der Waals surface area contributed by atoms with E-state index in [4.69, 9.17) is 10.2 Å². The quantitative estimate of drug-likeness (QED) is 0.485. The minimum atomic E-state index is -0.293. The van der Waals surface area contributed by atoms with Gasteiger partial charge in [-0.2, -0.15) is 5.26 Å². The summed E-state index contributed by atoms with van der Waals surface area (Å²) in [5.74, 6) is 2.25. The van der Waals surface area contributed by atoms with Crippen LogP contribution in [0.2, 0.25) is 0 Å². The van der Waals surface area contributed by atoms with Crippen molar-refractivity contribution in [3.8, 4) is 28.6 Å². The number of aromatic amines is 1. The first-order valence-corrected chi connectivity index (χ1v) is 9.72. The van der Waals surface area contributed by atoms with E-state index in [1.54, 1.807) is 12.3 Å². The lowest BCUT2D eigenvalue weighted by Gasteiger charge is -2.25. The van der Waals surface area contributed by atoms with Gasteiger partial charge in [-0.15, -0.1) is 0 Å². The molecule has 1 fully saturated rings. The predicted octanol–water partition coefficient (Wildman–Crippen LogP) is 5.52. The molecule has 5 nitrogen and oxygen atoms in total. The summed E-state index contributed by atoms with van der Waals surface area (Å²) >= 11 is 0. The molecule has 0 bridgehead atoms. The first-order valence-electron chi connectivity index (χ1n) is 9.72. The highest BCUT2D eigenvalue weighted by Crippen LogP contribution is 2.44. The van der Waals surface area contributed by atoms with Crippen LogP contribution in [-0.2, 0) is 0 Å². The lowest BCUT2D eigenvalue weighted by atomic mass is 9.80. The fourth-order valence-electron chi connectivity index (χ4n) is 4.40. The van der Waals surface area contributed by atoms with Crippen LogP contribution in [0.25, 0.3) is 22.5 Å². The van der Waals surface area contributed by atoms with Gasteiger partial charge in [0.05, 0.1) is 23.1 Å². The van der Waals surface area contributed by atoms with Crippen molar-refractivity contribution >= 4 is 11.5 Å². The van der Waals surface area contributed by atoms with Crippen molar-refractivity contribution < 1.29 is 4.39 Å². The molecule has 5 rings (SSSR count). The maximum Gasteiger partial charge on any atom is 0.139 e. The summed E-state index contributed by atoms with van der Waals surface area (Å²) in [6, 6.07) is 10.9. The minimum absolute atomic E-state index is 0.293. The third-order valence-electron chi connectivity index (χ3n) is 5.90. The number of nitrogens with one attached hydrogen (secondary N) is 2. The van der Waals surface area contributed by atoms with Crippen molar-refractivity contribution in [3.05, 3.63) is 48.2 Å². The van der Waals surface area contributed by atoms with Crippen LogP contribution in [0.5, 0.6) is 0 Å². The number of fused-ring (bicyclic) bond motifs is 5. The summed E-state index contributed by atoms with van der Waals surface area (Å²) in [4.78, 5) is 13.0. The topological polar surface area (TPSA) is 77.4 Å². The highest BCUT2D eigenvalue weighted by atomic mass is 19.1. The number of hydrogen-bond acceptors (Lipinski definition) is 4. The zero-order chi connectivity index (χ0) is 19.1. The number of H-pyrrole nitrogens is 1. The van der Waals surface area contributed by atoms with Gasteiger partial charge in [-0.1, -0.05) is 0 Å². The lowest BCUT2D eigenvalue weighted by Crippen LogP contribution is -2.14. The van der Waals surface area contributed by atoms with Crippen molar-refractivity contribution in [2.24, 2.45) is 5.92 Å². The molecule has 0 radical (unpaired) electrons. The number of aromatic nitrogens is 3. The molecule has 0 saturated heterocycles. The monoisotopic (exact) mass is 373 g/mol. The van der Waals surface area contributed by atoms with E-state index in [0.717, 1.165) is 54.0 Å². The molecule has 1 aromatic carbocycles. The molecule has 2 aliphatic rings. The zero-order valence-corrected chi connectivity index (χ0v) is 15.4. The van der Waals surface area contributed by atoms with Gasteiger partial charge in [0.2, 0.25) is 0 Å². The highest BCUT2D eigenvalue weighted by Gasteiger charge is 2.28. The van der Waals surface area contributed by atoms with Gasteiger partial charge in [-0.05, 0) is 61.9 Å². The summed E-state index contributed by atoms with van der Waals surface area (Å²) in [7, 11) is 0. The van der Waals surface area contributed by atoms with Gasteiger partial charge in [0.15, 0.2) is 0 Å². The number of pyridine rings is 1. The molecule has 3 heterocycles. The van der Waals surface area contributed by atoms with E-state index >= 15 is 0 Å². The number of nitrogens with zero attached hydrogens (tertiary/aromatic N) is 3. The van der Waals surface area contributed by atoms with Crippen molar-refractivity contribution in [3.63, 3.8) is 0 Å². The first kappa shape index (κ1) is 16.9. The average molecular weight is 373 g/mol. The number of halogens is 1. The Kier molecular flexibility index (Phi) is 4.09. The van der Waals surface area contributed by atoms with Gasteiger partial charge in [0.25, 0.3) is 0 Å². The summed E-state index contributed by atoms with van der Waals surface area (Å²) in [6.45, 7) is 0. The van der Waals surface area contributed by atoms with Crippen LogP contribution in [0.3, 0.4) is 0 Å². The second-order valence-electron chi connectivity index (χ2n) is 7.64. The summed E-state index contributed by atoms with van der Waals surface area (Å²) in [5, 5.41) is 12.2. The number of hydrogen-bond donors (Lipinski definition) is 2. The van der Waals surface area contributed by atoms with Crippen LogP contribution in [0, 0.1) is 23.1 Å². The Morgan fingerprint density at radius 1 is 1.14 bits per heavy atom. The Morgan fingerprint density at radius 2 is 2.00 bits per heavy atom. The number of rotatable bonds is 2. The van der Waals surface area contributed by atoms with Crippen molar-refractivity contribution in [2.75, 3.05) is 5.32 Å². The van der Waals surface area contributed by atoms with Crippen LogP contribution >= 0.6 is 0 Å². The molecule has 140 valence electrons. The number of benzene rings is 1. The summed E-state index contributed by atoms with van der Waals surface area (Å²) in [5.41, 5.74) is 4.24. The maximum atomic E-state index is 13.9. The molecule has 2 N–H and O–H groups in total. The van der Waals surface area contributed by atoms with Crippen molar-refractivity contribution in [2.45, 2.75) is 38.0 Å². The van der Waals surface area contributed by atoms with Crippen LogP contribution < -0.4 is 5.32 Å². The van der Waals surface area contributed by atoms with E-state index in [-0.39, 0.29) is 5.82 Å². The maximum absolute atomic E-state index is 13.9. The van der Waals surface area contributed by atoms with Gasteiger partial charge in [-0.3, -0.25) is 0 Å². The van der Waals surface area contributed by atoms with Crippen LogP contribution in [0.1, 0.15) is 43.8 Å². The largest absolute Gasteiger partial charge is 0.341 e. The van der Waals surface area contributed by atoms with Crippen LogP contribution in [0.4, 0.5) is 15.9 Å². The minimum Gasteiger partial charge on any atom is -0.341 e. The van der Waals surface area contributed by atoms with Gasteiger partial charge < -0.3 is 10.3 Å². The van der Waals surface area contributed by atoms with Gasteiger partial charge in [0, 0.05) is 29.7 Å². The Labute approximate surface area is 162 Å². The molecular formula is C22H20FN5. The first-order chi connectivity index (χ1) is 13.7. The molecule has 0 atom stereocenters. The second kappa shape index (κ2) is 6.75. The average Bonchev–Trinajstić information content (AvgIpc) is 3.09. The van der Waals surface area contributed by atoms with E-state index < -0.39 is 0 Å². The molecule has 1 aliphatic carbocycles. The second-order valence-corrected chi connectivity index (χ2v) is 7.64. The van der Waals surface area contributed by atoms with E-state index in [0.29, 0.717) is 29.8 Å². The Morgan fingerprint density at radius 3 is 2.82 bits per heavy atom. The fourth-order valence-corrected chi connectivity index (χ4v) is 4.40. The molecule has 0 unspecified atom stereocenters. The Hall–Kier alpha value is -3.20. The number of imidazole rings is 1. The standard InChI is InChI=1S/C22H20FN5/c23-15-7-8-16-18(12-15)26-22-17(2-1-11-25-22)20-19(16)27-21(28-20)14-5-3-13(4-6-14)9-10-24/h1-2,7-8,11-14H,3-6,9H2,(H,25,26)(H,27,28)/t13-,14-. The third-order valence-corrected chi connectivity index (χ3v) is 5.90. The zero-order valence-electron chi connectivity index (χ0n) is 15.4. The predicted molar refractivity (Wildman–Crippen MR) is 105 cm³/mol. The van der Waals surface area contributed by atoms with Gasteiger partial charge in [0.1, 0.15) is 17.5 Å². The van der Waals surface area contributed by atoms with Crippen LogP contribution in [0.15, 0.2) is 36.5 Å². The summed E-state index contributed by atoms with van der Waals surface area (Å²) < 4.78 is 13.9. The molecule has 0 spiro atoms. The molecule has 2 aromatic heterocycles. The molecule has 1 aliphatic heterocycles. The highest BCUT2D eigenvalue weighted by molar-refractivity contribution is 5.94. The van der Waals surface area contributed by atoms with E-state index in [2.05, 4.69) is 21.4 Å². The molecular weight excluding hydrogens is 353 g/mol. The Bertz CT molecular complexity index is 1070. The number of anilines is 2. The fraction of sp³-hybridized carbons (Fsp3) is 0.318. The Balaban J connectivity index is 1.58. The molecule has 28 heavy (non-hydrogen) atoms. The lowest BCUT2D eigenvalue weighted by molar-refractivity contribution is 0.324. The normalized spacial score (nSPS) is 20.1. The molecule has 1 saturated carbocycles. The molecule has 0 amide bonds. The molecule has 6 heteroatoms. The van der Waals surface area contributed by atoms with E-state index in [9.17, 15) is 4.39 Å². The van der Waals surface area contributed by atoms with Crippen LogP contribution in [-0.4, -0.2) is 15.0 Å².